The number of nitrogens with one attached hydrogen (secondary N) is 1. The van der Waals surface area contributed by atoms with Crippen LogP contribution in [0.4, 0.5) is 0 Å². The lowest BCUT2D eigenvalue weighted by Crippen LogP contribution is -2.47. The van der Waals surface area contributed by atoms with E-state index < -0.39 is 24.0 Å². The van der Waals surface area contributed by atoms with Crippen molar-refractivity contribution in [2.24, 2.45) is 0 Å². The first kappa shape index (κ1) is 24.2. The highest BCUT2D eigenvalue weighted by Gasteiger charge is 2.31. The zero-order chi connectivity index (χ0) is 23.2. The summed E-state index contributed by atoms with van der Waals surface area (Å²) in [5.74, 6) is -0.111. The number of methoxy groups -OCH3 is 2. The predicted molar refractivity (Wildman–Crippen MR) is 117 cm³/mol. The van der Waals surface area contributed by atoms with E-state index in [0.29, 0.717) is 17.1 Å². The maximum Gasteiger partial charge on any atom is 0.331 e. The lowest BCUT2D eigenvalue weighted by molar-refractivity contribution is -0.148. The summed E-state index contributed by atoms with van der Waals surface area (Å²) < 4.78 is 15.6. The van der Waals surface area contributed by atoms with Crippen molar-refractivity contribution >= 4 is 11.9 Å². The topological polar surface area (TPSA) is 94.1 Å². The van der Waals surface area contributed by atoms with Gasteiger partial charge in [-0.3, -0.25) is 4.79 Å². The summed E-state index contributed by atoms with van der Waals surface area (Å²) in [6.07, 6.45) is -1.30. The number of aliphatic hydroxyl groups excluding tert-OH is 1. The number of benzene rings is 2. The molecule has 0 aliphatic carbocycles. The molecule has 2 N–H and O–H groups in total. The zero-order valence-electron chi connectivity index (χ0n) is 18.9. The number of aliphatic hydroxyl groups is 1. The third-order valence-corrected chi connectivity index (χ3v) is 4.85. The van der Waals surface area contributed by atoms with E-state index in [-0.39, 0.29) is 12.0 Å². The lowest BCUT2D eigenvalue weighted by atomic mass is 9.85. The van der Waals surface area contributed by atoms with Crippen LogP contribution in [-0.2, 0) is 19.7 Å². The Bertz CT molecular complexity index is 901. The van der Waals surface area contributed by atoms with Crippen LogP contribution in [0.15, 0.2) is 42.5 Å². The van der Waals surface area contributed by atoms with Crippen molar-refractivity contribution in [1.29, 1.82) is 0 Å². The Hall–Kier alpha value is -3.06. The molecule has 1 amide bonds. The largest absolute Gasteiger partial charge is 0.497 e. The van der Waals surface area contributed by atoms with Crippen molar-refractivity contribution in [3.05, 3.63) is 59.2 Å². The van der Waals surface area contributed by atoms with Crippen LogP contribution in [0.1, 0.15) is 43.6 Å². The van der Waals surface area contributed by atoms with Crippen LogP contribution >= 0.6 is 0 Å². The summed E-state index contributed by atoms with van der Waals surface area (Å²) in [5.41, 5.74) is 2.33. The minimum atomic E-state index is -1.30. The van der Waals surface area contributed by atoms with Gasteiger partial charge in [-0.15, -0.1) is 0 Å². The summed E-state index contributed by atoms with van der Waals surface area (Å²) in [5, 5.41) is 13.2. The maximum absolute atomic E-state index is 12.5. The Kier molecular flexibility index (Phi) is 8.05. The van der Waals surface area contributed by atoms with Crippen LogP contribution in [0.5, 0.6) is 11.5 Å². The summed E-state index contributed by atoms with van der Waals surface area (Å²) >= 11 is 0. The number of carbonyl (C=O) groups excluding carboxylic acids is 2. The molecule has 0 radical (unpaired) electrons. The monoisotopic (exact) mass is 429 g/mol. The molecule has 2 rings (SSSR count). The Morgan fingerprint density at radius 1 is 1.06 bits per heavy atom. The summed E-state index contributed by atoms with van der Waals surface area (Å²) in [6.45, 7) is 7.87. The molecule has 2 atom stereocenters. The van der Waals surface area contributed by atoms with Crippen molar-refractivity contribution in [1.82, 2.24) is 5.32 Å². The standard InChI is InChI=1S/C24H31NO6/c1-15-7-12-19(18(13-15)24(2,3)4)31-14-20(26)25-21(23(28)30-6)22(27)16-8-10-17(29-5)11-9-16/h7-13,21-22,27H,14H2,1-6H3,(H,25,26). The van der Waals surface area contributed by atoms with Crippen molar-refractivity contribution < 1.29 is 28.9 Å². The second-order valence-electron chi connectivity index (χ2n) is 8.32. The Morgan fingerprint density at radius 2 is 1.71 bits per heavy atom. The van der Waals surface area contributed by atoms with Crippen molar-refractivity contribution in [2.75, 3.05) is 20.8 Å². The Labute approximate surface area is 183 Å². The molecule has 2 unspecified atom stereocenters. The molecule has 7 nitrogen and oxygen atoms in total. The van der Waals surface area contributed by atoms with Gasteiger partial charge in [0.25, 0.3) is 5.91 Å². The molecule has 168 valence electrons. The Morgan fingerprint density at radius 3 is 2.26 bits per heavy atom. The fraction of sp³-hybridized carbons (Fsp3) is 0.417. The van der Waals surface area contributed by atoms with Crippen LogP contribution < -0.4 is 14.8 Å². The highest BCUT2D eigenvalue weighted by Crippen LogP contribution is 2.32. The first-order valence-electron chi connectivity index (χ1n) is 10.00. The number of rotatable bonds is 8. The fourth-order valence-electron chi connectivity index (χ4n) is 3.10. The van der Waals surface area contributed by atoms with Gasteiger partial charge in [-0.05, 0) is 41.7 Å². The van der Waals surface area contributed by atoms with E-state index in [4.69, 9.17) is 14.2 Å². The highest BCUT2D eigenvalue weighted by molar-refractivity contribution is 5.85. The van der Waals surface area contributed by atoms with Crippen LogP contribution in [0.25, 0.3) is 0 Å². The molecule has 0 heterocycles. The van der Waals surface area contributed by atoms with E-state index in [0.717, 1.165) is 11.1 Å². The van der Waals surface area contributed by atoms with Gasteiger partial charge in [0.05, 0.1) is 14.2 Å². The van der Waals surface area contributed by atoms with Crippen molar-refractivity contribution in [2.45, 2.75) is 45.3 Å². The molecule has 2 aromatic carbocycles. The minimum Gasteiger partial charge on any atom is -0.497 e. The molecule has 7 heteroatoms. The van der Waals surface area contributed by atoms with E-state index in [1.165, 1.54) is 14.2 Å². The third-order valence-electron chi connectivity index (χ3n) is 4.85. The molecule has 0 saturated carbocycles. The minimum absolute atomic E-state index is 0.170. The van der Waals surface area contributed by atoms with Gasteiger partial charge in [-0.1, -0.05) is 50.6 Å². The molecule has 0 saturated heterocycles. The van der Waals surface area contributed by atoms with Gasteiger partial charge in [-0.2, -0.15) is 0 Å². The van der Waals surface area contributed by atoms with E-state index in [1.54, 1.807) is 24.3 Å². The summed E-state index contributed by atoms with van der Waals surface area (Å²) in [6, 6.07) is 11.0. The molecule has 31 heavy (non-hydrogen) atoms. The summed E-state index contributed by atoms with van der Waals surface area (Å²) in [4.78, 5) is 24.8. The number of aryl methyl sites for hydroxylation is 1. The molecule has 0 aliphatic rings. The van der Waals surface area contributed by atoms with Gasteiger partial charge < -0.3 is 24.6 Å². The second kappa shape index (κ2) is 10.3. The number of hydrogen-bond acceptors (Lipinski definition) is 6. The van der Waals surface area contributed by atoms with E-state index >= 15 is 0 Å². The maximum atomic E-state index is 12.5. The molecular weight excluding hydrogens is 398 g/mol. The lowest BCUT2D eigenvalue weighted by Gasteiger charge is -2.24. The molecular formula is C24H31NO6. The van der Waals surface area contributed by atoms with Gasteiger partial charge in [0, 0.05) is 0 Å². The summed E-state index contributed by atoms with van der Waals surface area (Å²) in [7, 11) is 2.72. The van der Waals surface area contributed by atoms with E-state index in [1.807, 2.05) is 25.1 Å². The molecule has 2 aromatic rings. The predicted octanol–water partition coefficient (Wildman–Crippen LogP) is 3.07. The van der Waals surface area contributed by atoms with Crippen LogP contribution in [0, 0.1) is 6.92 Å². The molecule has 0 fully saturated rings. The van der Waals surface area contributed by atoms with E-state index in [9.17, 15) is 14.7 Å². The highest BCUT2D eigenvalue weighted by atomic mass is 16.5. The first-order chi connectivity index (χ1) is 14.6. The van der Waals surface area contributed by atoms with Gasteiger partial charge in [0.15, 0.2) is 12.6 Å². The van der Waals surface area contributed by atoms with Crippen molar-refractivity contribution in [3.63, 3.8) is 0 Å². The quantitative estimate of drug-likeness (QED) is 0.627. The fourth-order valence-corrected chi connectivity index (χ4v) is 3.10. The van der Waals surface area contributed by atoms with Crippen LogP contribution in [-0.4, -0.2) is 43.9 Å². The SMILES string of the molecule is COC(=O)C(NC(=O)COc1ccc(C)cc1C(C)(C)C)C(O)c1ccc(OC)cc1. The second-order valence-corrected chi connectivity index (χ2v) is 8.32. The molecule has 0 bridgehead atoms. The number of ether oxygens (including phenoxy) is 3. The molecule has 0 aliphatic heterocycles. The van der Waals surface area contributed by atoms with Gasteiger partial charge in [0.1, 0.15) is 17.6 Å². The average molecular weight is 430 g/mol. The number of esters is 1. The van der Waals surface area contributed by atoms with Gasteiger partial charge in [0.2, 0.25) is 0 Å². The smallest absolute Gasteiger partial charge is 0.331 e. The van der Waals surface area contributed by atoms with Crippen LogP contribution in [0.2, 0.25) is 0 Å². The normalized spacial score (nSPS) is 13.1. The number of amides is 1. The van der Waals surface area contributed by atoms with E-state index in [2.05, 4.69) is 26.1 Å². The van der Waals surface area contributed by atoms with Gasteiger partial charge in [-0.25, -0.2) is 4.79 Å². The third kappa shape index (κ3) is 6.46. The first-order valence-corrected chi connectivity index (χ1v) is 10.00. The van der Waals surface area contributed by atoms with Gasteiger partial charge >= 0.3 is 5.97 Å². The molecule has 0 spiro atoms. The number of carbonyl (C=O) groups is 2. The average Bonchev–Trinajstić information content (AvgIpc) is 2.75. The van der Waals surface area contributed by atoms with Crippen molar-refractivity contribution in [3.8, 4) is 11.5 Å². The van der Waals surface area contributed by atoms with Crippen LogP contribution in [0.3, 0.4) is 0 Å². The zero-order valence-corrected chi connectivity index (χ0v) is 18.9. The molecule has 0 aromatic heterocycles. The Balaban J connectivity index is 2.12. The number of hydrogen-bond donors (Lipinski definition) is 2.